The quantitative estimate of drug-likeness (QED) is 0.279. The van der Waals surface area contributed by atoms with E-state index in [0.717, 1.165) is 6.04 Å². The van der Waals surface area contributed by atoms with Gasteiger partial charge < -0.3 is 4.74 Å². The molecular formula is C23H24Cl2N4O3Si. The van der Waals surface area contributed by atoms with Crippen LogP contribution in [0.5, 0.6) is 0 Å². The smallest absolute Gasteiger partial charge is 0.332 e. The number of ether oxygens (including phenoxy) is 1. The number of nitrogens with one attached hydrogen (secondary N) is 1. The highest BCUT2D eigenvalue weighted by molar-refractivity contribution is 6.76. The first kappa shape index (κ1) is 23.5. The molecule has 7 nitrogen and oxygen atoms in total. The van der Waals surface area contributed by atoms with Crippen molar-refractivity contribution in [3.63, 3.8) is 0 Å². The van der Waals surface area contributed by atoms with E-state index in [2.05, 4.69) is 24.6 Å². The van der Waals surface area contributed by atoms with Gasteiger partial charge in [-0.2, -0.15) is 0 Å². The molecule has 0 aliphatic rings. The fourth-order valence-corrected chi connectivity index (χ4v) is 4.54. The van der Waals surface area contributed by atoms with Gasteiger partial charge in [-0.25, -0.2) is 9.78 Å². The van der Waals surface area contributed by atoms with E-state index in [0.29, 0.717) is 33.7 Å². The first-order valence-electron chi connectivity index (χ1n) is 10.5. The largest absolute Gasteiger partial charge is 0.361 e. The molecule has 0 unspecified atom stereocenters. The highest BCUT2D eigenvalue weighted by Crippen LogP contribution is 2.31. The van der Waals surface area contributed by atoms with Gasteiger partial charge >= 0.3 is 5.69 Å². The lowest BCUT2D eigenvalue weighted by Gasteiger charge is -2.15. The molecule has 2 aromatic carbocycles. The molecule has 0 aliphatic heterocycles. The Morgan fingerprint density at radius 1 is 1.03 bits per heavy atom. The molecule has 0 amide bonds. The Hall–Kier alpha value is -2.65. The topological polar surface area (TPSA) is 81.9 Å². The lowest BCUT2D eigenvalue weighted by atomic mass is 10.2. The van der Waals surface area contributed by atoms with Crippen molar-refractivity contribution >= 4 is 42.4 Å². The molecule has 172 valence electrons. The van der Waals surface area contributed by atoms with Gasteiger partial charge in [-0.1, -0.05) is 55.0 Å². The summed E-state index contributed by atoms with van der Waals surface area (Å²) >= 11 is 12.6. The highest BCUT2D eigenvalue weighted by Gasteiger charge is 2.22. The average Bonchev–Trinajstić information content (AvgIpc) is 3.14. The summed E-state index contributed by atoms with van der Waals surface area (Å²) in [7, 11) is -1.29. The monoisotopic (exact) mass is 502 g/mol. The Morgan fingerprint density at radius 2 is 1.73 bits per heavy atom. The van der Waals surface area contributed by atoms with Crippen LogP contribution in [0.15, 0.2) is 58.1 Å². The van der Waals surface area contributed by atoms with Gasteiger partial charge in [-0.15, -0.1) is 0 Å². The fraction of sp³-hybridized carbons (Fsp3) is 0.261. The van der Waals surface area contributed by atoms with Crippen LogP contribution in [-0.4, -0.2) is 33.8 Å². The van der Waals surface area contributed by atoms with E-state index >= 15 is 0 Å². The third-order valence-electron chi connectivity index (χ3n) is 5.21. The minimum atomic E-state index is -1.29. The first-order chi connectivity index (χ1) is 15.7. The maximum absolute atomic E-state index is 13.0. The lowest BCUT2D eigenvalue weighted by molar-refractivity contribution is 0.0865. The maximum atomic E-state index is 13.0. The van der Waals surface area contributed by atoms with E-state index in [4.69, 9.17) is 32.9 Å². The standard InChI is InChI=1S/C23H24Cl2N4O3Si/c1-33(2,3)13-12-32-14-28-21-19(22(30)27-23(28)31)29(16-10-8-15(24)9-11-16)20(26-21)17-6-4-5-7-18(17)25/h4-11H,12-14H2,1-3H3,(H,27,30,31). The molecular weight excluding hydrogens is 479 g/mol. The van der Waals surface area contributed by atoms with Crippen molar-refractivity contribution in [1.82, 2.24) is 19.1 Å². The van der Waals surface area contributed by atoms with Crippen LogP contribution < -0.4 is 11.2 Å². The van der Waals surface area contributed by atoms with Gasteiger partial charge in [0.2, 0.25) is 0 Å². The van der Waals surface area contributed by atoms with Crippen LogP contribution in [0.3, 0.4) is 0 Å². The van der Waals surface area contributed by atoms with Crippen molar-refractivity contribution in [3.8, 4) is 17.1 Å². The number of aromatic amines is 1. The van der Waals surface area contributed by atoms with Gasteiger partial charge in [0.1, 0.15) is 12.6 Å². The van der Waals surface area contributed by atoms with Crippen molar-refractivity contribution in [2.24, 2.45) is 0 Å². The van der Waals surface area contributed by atoms with Gasteiger partial charge in [0.15, 0.2) is 11.2 Å². The van der Waals surface area contributed by atoms with Gasteiger partial charge in [-0.05, 0) is 42.4 Å². The van der Waals surface area contributed by atoms with Gasteiger partial charge in [0, 0.05) is 31.0 Å². The molecule has 0 aliphatic carbocycles. The van der Waals surface area contributed by atoms with Crippen LogP contribution in [0, 0.1) is 0 Å². The van der Waals surface area contributed by atoms with Crippen molar-refractivity contribution in [2.75, 3.05) is 6.61 Å². The zero-order valence-electron chi connectivity index (χ0n) is 18.6. The van der Waals surface area contributed by atoms with Crippen molar-refractivity contribution in [3.05, 3.63) is 79.4 Å². The Balaban J connectivity index is 1.93. The summed E-state index contributed by atoms with van der Waals surface area (Å²) in [5.74, 6) is 0.435. The number of nitrogens with zero attached hydrogens (tertiary/aromatic N) is 3. The predicted molar refractivity (Wildman–Crippen MR) is 136 cm³/mol. The summed E-state index contributed by atoms with van der Waals surface area (Å²) < 4.78 is 8.83. The van der Waals surface area contributed by atoms with Crippen LogP contribution in [0.25, 0.3) is 28.2 Å². The average molecular weight is 503 g/mol. The minimum Gasteiger partial charge on any atom is -0.361 e. The molecule has 0 saturated heterocycles. The number of H-pyrrole nitrogens is 1. The van der Waals surface area contributed by atoms with Gasteiger partial charge in [0.05, 0.1) is 5.02 Å². The summed E-state index contributed by atoms with van der Waals surface area (Å²) in [4.78, 5) is 32.8. The third kappa shape index (κ3) is 4.99. The molecule has 1 N–H and O–H groups in total. The maximum Gasteiger partial charge on any atom is 0.332 e. The van der Waals surface area contributed by atoms with Crippen LogP contribution >= 0.6 is 23.2 Å². The van der Waals surface area contributed by atoms with E-state index in [1.54, 1.807) is 34.9 Å². The Kier molecular flexibility index (Phi) is 6.63. The molecule has 2 heterocycles. The number of benzene rings is 2. The predicted octanol–water partition coefficient (Wildman–Crippen LogP) is 5.16. The summed E-state index contributed by atoms with van der Waals surface area (Å²) in [6.45, 7) is 7.27. The molecule has 33 heavy (non-hydrogen) atoms. The number of fused-ring (bicyclic) bond motifs is 1. The Bertz CT molecular complexity index is 1420. The molecule has 0 spiro atoms. The molecule has 0 saturated carbocycles. The summed E-state index contributed by atoms with van der Waals surface area (Å²) in [6.07, 6.45) is 0. The van der Waals surface area contributed by atoms with Crippen molar-refractivity contribution in [1.29, 1.82) is 0 Å². The van der Waals surface area contributed by atoms with Crippen molar-refractivity contribution < 1.29 is 4.74 Å². The number of rotatable bonds is 7. The SMILES string of the molecule is C[Si](C)(C)CCOCn1c(=O)[nH]c(=O)c2c1nc(-c1ccccc1Cl)n2-c1ccc(Cl)cc1. The van der Waals surface area contributed by atoms with Crippen LogP contribution in [0.2, 0.25) is 35.7 Å². The van der Waals surface area contributed by atoms with E-state index in [1.807, 2.05) is 18.2 Å². The molecule has 0 bridgehead atoms. The van der Waals surface area contributed by atoms with Crippen molar-refractivity contribution in [2.45, 2.75) is 32.4 Å². The molecule has 0 atom stereocenters. The van der Waals surface area contributed by atoms with E-state index in [-0.39, 0.29) is 17.9 Å². The van der Waals surface area contributed by atoms with Crippen LogP contribution in [-0.2, 0) is 11.5 Å². The molecule has 4 rings (SSSR count). The van der Waals surface area contributed by atoms with E-state index in [1.165, 1.54) is 4.57 Å². The zero-order valence-corrected chi connectivity index (χ0v) is 21.1. The lowest BCUT2D eigenvalue weighted by Crippen LogP contribution is -2.32. The highest BCUT2D eigenvalue weighted by atomic mass is 35.5. The van der Waals surface area contributed by atoms with Gasteiger partial charge in [0.25, 0.3) is 5.56 Å². The molecule has 0 radical (unpaired) electrons. The zero-order chi connectivity index (χ0) is 23.8. The second kappa shape index (κ2) is 9.30. The number of imidazole rings is 1. The molecule has 0 fully saturated rings. The first-order valence-corrected chi connectivity index (χ1v) is 15.0. The Labute approximate surface area is 201 Å². The summed E-state index contributed by atoms with van der Waals surface area (Å²) in [6, 6.07) is 15.2. The second-order valence-electron chi connectivity index (χ2n) is 8.93. The summed E-state index contributed by atoms with van der Waals surface area (Å²) in [5.41, 5.74) is 0.610. The van der Waals surface area contributed by atoms with Crippen LogP contribution in [0.4, 0.5) is 0 Å². The molecule has 2 aromatic heterocycles. The Morgan fingerprint density at radius 3 is 2.39 bits per heavy atom. The third-order valence-corrected chi connectivity index (χ3v) is 7.50. The minimum absolute atomic E-state index is 0.0177. The van der Waals surface area contributed by atoms with E-state index in [9.17, 15) is 9.59 Å². The number of halogens is 2. The second-order valence-corrected chi connectivity index (χ2v) is 15.4. The number of hydrogen-bond donors (Lipinski definition) is 1. The fourth-order valence-electron chi connectivity index (χ4n) is 3.44. The summed E-state index contributed by atoms with van der Waals surface area (Å²) in [5, 5.41) is 1.03. The normalized spacial score (nSPS) is 11.9. The number of aromatic nitrogens is 4. The molecule has 10 heteroatoms. The van der Waals surface area contributed by atoms with Gasteiger partial charge in [-0.3, -0.25) is 18.9 Å². The number of hydrogen-bond acceptors (Lipinski definition) is 4. The van der Waals surface area contributed by atoms with E-state index < -0.39 is 19.3 Å². The van der Waals surface area contributed by atoms with Crippen LogP contribution in [0.1, 0.15) is 0 Å². The molecule has 4 aromatic rings.